The molecule has 100 valence electrons. The topological polar surface area (TPSA) is 43.8 Å². The molecule has 1 unspecified atom stereocenters. The zero-order valence-corrected chi connectivity index (χ0v) is 11.9. The van der Waals surface area contributed by atoms with E-state index < -0.39 is 0 Å². The maximum atomic E-state index is 5.91. The van der Waals surface area contributed by atoms with E-state index in [1.54, 1.807) is 0 Å². The summed E-state index contributed by atoms with van der Waals surface area (Å²) in [4.78, 5) is 4.92. The zero-order valence-electron chi connectivity index (χ0n) is 11.1. The molecule has 0 aliphatic heterocycles. The molecule has 0 fully saturated rings. The van der Waals surface area contributed by atoms with E-state index in [0.717, 1.165) is 30.8 Å². The molecule has 19 heavy (non-hydrogen) atoms. The number of aromatic nitrogens is 2. The number of aryl methyl sites for hydroxylation is 1. The summed E-state index contributed by atoms with van der Waals surface area (Å²) in [7, 11) is 0. The molecule has 1 atom stereocenters. The van der Waals surface area contributed by atoms with Crippen LogP contribution in [0.25, 0.3) is 0 Å². The summed E-state index contributed by atoms with van der Waals surface area (Å²) in [5.74, 6) is 1.15. The first-order valence-electron chi connectivity index (χ1n) is 6.56. The number of hydrogen-bond donors (Lipinski definition) is 1. The van der Waals surface area contributed by atoms with Crippen LogP contribution in [-0.4, -0.2) is 14.5 Å². The van der Waals surface area contributed by atoms with Gasteiger partial charge in [-0.1, -0.05) is 49.5 Å². The Morgan fingerprint density at radius 3 is 2.74 bits per heavy atom. The second kappa shape index (κ2) is 6.48. The van der Waals surface area contributed by atoms with Gasteiger partial charge in [0.15, 0.2) is 0 Å². The Labute approximate surface area is 119 Å². The van der Waals surface area contributed by atoms with E-state index in [1.165, 1.54) is 0 Å². The highest BCUT2D eigenvalue weighted by Gasteiger charge is 2.16. The minimum absolute atomic E-state index is 0.0565. The number of nitrogens with two attached hydrogens (primary N) is 1. The van der Waals surface area contributed by atoms with Crippen molar-refractivity contribution in [1.29, 1.82) is 0 Å². The normalized spacial score (nSPS) is 12.3. The van der Waals surface area contributed by atoms with Crippen LogP contribution in [0.15, 0.2) is 42.7 Å². The van der Waals surface area contributed by atoms with Gasteiger partial charge in [-0.25, -0.2) is 4.98 Å². The summed E-state index contributed by atoms with van der Waals surface area (Å²) in [6.07, 6.45) is 5.90. The number of thiocarbonyl (C=S) groups is 1. The molecule has 1 aromatic heterocycles. The monoisotopic (exact) mass is 273 g/mol. The molecule has 1 aromatic carbocycles. The molecular weight excluding hydrogens is 254 g/mol. The second-order valence-corrected chi connectivity index (χ2v) is 5.08. The van der Waals surface area contributed by atoms with Crippen LogP contribution in [0.4, 0.5) is 0 Å². The van der Waals surface area contributed by atoms with Crippen molar-refractivity contribution in [3.05, 3.63) is 54.1 Å². The van der Waals surface area contributed by atoms with Crippen molar-refractivity contribution in [3.8, 4) is 0 Å². The van der Waals surface area contributed by atoms with Crippen LogP contribution in [0.1, 0.15) is 30.7 Å². The molecule has 1 heterocycles. The number of hydrogen-bond acceptors (Lipinski definition) is 2. The number of imidazole rings is 1. The van der Waals surface area contributed by atoms with Crippen molar-refractivity contribution < 1.29 is 0 Å². The molecule has 0 amide bonds. The third kappa shape index (κ3) is 3.41. The Bertz CT molecular complexity index is 533. The molecule has 4 heteroatoms. The summed E-state index contributed by atoms with van der Waals surface area (Å²) in [5, 5.41) is 0. The van der Waals surface area contributed by atoms with Crippen molar-refractivity contribution in [2.24, 2.45) is 5.73 Å². The van der Waals surface area contributed by atoms with Crippen LogP contribution in [0.3, 0.4) is 0 Å². The SMILES string of the molecule is CCCc1nccn1CC(C(N)=S)c1ccccc1. The fourth-order valence-corrected chi connectivity index (χ4v) is 2.41. The predicted molar refractivity (Wildman–Crippen MR) is 82.2 cm³/mol. The van der Waals surface area contributed by atoms with Crippen LogP contribution in [0.2, 0.25) is 0 Å². The van der Waals surface area contributed by atoms with E-state index in [1.807, 2.05) is 30.6 Å². The maximum Gasteiger partial charge on any atom is 0.108 e. The summed E-state index contributed by atoms with van der Waals surface area (Å²) < 4.78 is 2.15. The highest BCUT2D eigenvalue weighted by atomic mass is 32.1. The van der Waals surface area contributed by atoms with Crippen molar-refractivity contribution in [3.63, 3.8) is 0 Å². The molecule has 0 aliphatic rings. The van der Waals surface area contributed by atoms with Crippen molar-refractivity contribution in [1.82, 2.24) is 9.55 Å². The van der Waals surface area contributed by atoms with E-state index in [2.05, 4.69) is 28.6 Å². The van der Waals surface area contributed by atoms with E-state index >= 15 is 0 Å². The van der Waals surface area contributed by atoms with Gasteiger partial charge in [-0.3, -0.25) is 0 Å². The Morgan fingerprint density at radius 2 is 2.11 bits per heavy atom. The first kappa shape index (κ1) is 13.7. The lowest BCUT2D eigenvalue weighted by atomic mass is 9.99. The van der Waals surface area contributed by atoms with Gasteiger partial charge < -0.3 is 10.3 Å². The van der Waals surface area contributed by atoms with Gasteiger partial charge in [-0.05, 0) is 12.0 Å². The Morgan fingerprint density at radius 1 is 1.37 bits per heavy atom. The summed E-state index contributed by atoms with van der Waals surface area (Å²) in [6.45, 7) is 2.91. The summed E-state index contributed by atoms with van der Waals surface area (Å²) in [6, 6.07) is 10.2. The molecule has 0 bridgehead atoms. The fourth-order valence-electron chi connectivity index (χ4n) is 2.20. The third-order valence-corrected chi connectivity index (χ3v) is 3.48. The Balaban J connectivity index is 2.22. The van der Waals surface area contributed by atoms with Gasteiger partial charge in [-0.15, -0.1) is 0 Å². The Kier molecular flexibility index (Phi) is 4.68. The number of benzene rings is 1. The predicted octanol–water partition coefficient (Wildman–Crippen LogP) is 2.91. The molecule has 0 spiro atoms. The van der Waals surface area contributed by atoms with Gasteiger partial charge in [0.1, 0.15) is 5.82 Å². The lowest BCUT2D eigenvalue weighted by Gasteiger charge is -2.18. The van der Waals surface area contributed by atoms with Crippen molar-refractivity contribution in [2.75, 3.05) is 0 Å². The average Bonchev–Trinajstić information content (AvgIpc) is 2.84. The minimum Gasteiger partial charge on any atom is -0.393 e. The van der Waals surface area contributed by atoms with Crippen LogP contribution in [0, 0.1) is 0 Å². The first-order valence-corrected chi connectivity index (χ1v) is 6.97. The van der Waals surface area contributed by atoms with Crippen LogP contribution >= 0.6 is 12.2 Å². The highest BCUT2D eigenvalue weighted by Crippen LogP contribution is 2.19. The lowest BCUT2D eigenvalue weighted by Crippen LogP contribution is -2.24. The summed E-state index contributed by atoms with van der Waals surface area (Å²) >= 11 is 5.22. The van der Waals surface area contributed by atoms with Crippen molar-refractivity contribution in [2.45, 2.75) is 32.2 Å². The van der Waals surface area contributed by atoms with E-state index in [-0.39, 0.29) is 5.92 Å². The maximum absolute atomic E-state index is 5.91. The van der Waals surface area contributed by atoms with E-state index in [9.17, 15) is 0 Å². The van der Waals surface area contributed by atoms with Crippen LogP contribution < -0.4 is 5.73 Å². The van der Waals surface area contributed by atoms with Gasteiger partial charge in [0.25, 0.3) is 0 Å². The molecule has 2 rings (SSSR count). The number of nitrogens with zero attached hydrogens (tertiary/aromatic N) is 2. The van der Waals surface area contributed by atoms with Gasteiger partial charge in [0.2, 0.25) is 0 Å². The molecule has 0 saturated heterocycles. The van der Waals surface area contributed by atoms with Gasteiger partial charge in [0.05, 0.1) is 10.9 Å². The van der Waals surface area contributed by atoms with Crippen LogP contribution in [-0.2, 0) is 13.0 Å². The molecule has 2 aromatic rings. The molecule has 0 aliphatic carbocycles. The third-order valence-electron chi connectivity index (χ3n) is 3.20. The Hall–Kier alpha value is -1.68. The smallest absolute Gasteiger partial charge is 0.108 e. The number of rotatable bonds is 6. The van der Waals surface area contributed by atoms with Gasteiger partial charge in [0, 0.05) is 25.4 Å². The zero-order chi connectivity index (χ0) is 13.7. The molecular formula is C15H19N3S. The quantitative estimate of drug-likeness (QED) is 0.823. The first-order chi connectivity index (χ1) is 9.22. The van der Waals surface area contributed by atoms with E-state index in [0.29, 0.717) is 4.99 Å². The highest BCUT2D eigenvalue weighted by molar-refractivity contribution is 7.80. The largest absolute Gasteiger partial charge is 0.393 e. The standard InChI is InChI=1S/C15H19N3S/c1-2-6-14-17-9-10-18(14)11-13(15(16)19)12-7-4-3-5-8-12/h3-5,7-10,13H,2,6,11H2,1H3,(H2,16,19). The van der Waals surface area contributed by atoms with Gasteiger partial charge in [-0.2, -0.15) is 0 Å². The fraction of sp³-hybridized carbons (Fsp3) is 0.333. The minimum atomic E-state index is 0.0565. The lowest BCUT2D eigenvalue weighted by molar-refractivity contribution is 0.617. The van der Waals surface area contributed by atoms with Gasteiger partial charge >= 0.3 is 0 Å². The van der Waals surface area contributed by atoms with Crippen LogP contribution in [0.5, 0.6) is 0 Å². The molecule has 3 nitrogen and oxygen atoms in total. The van der Waals surface area contributed by atoms with E-state index in [4.69, 9.17) is 18.0 Å². The average molecular weight is 273 g/mol. The molecule has 2 N–H and O–H groups in total. The second-order valence-electron chi connectivity index (χ2n) is 4.61. The molecule has 0 radical (unpaired) electrons. The van der Waals surface area contributed by atoms with Crippen molar-refractivity contribution >= 4 is 17.2 Å². The molecule has 0 saturated carbocycles. The summed E-state index contributed by atoms with van der Waals surface area (Å²) in [5.41, 5.74) is 7.07.